The van der Waals surface area contributed by atoms with Crippen LogP contribution >= 0.6 is 0 Å². The summed E-state index contributed by atoms with van der Waals surface area (Å²) in [7, 11) is 1.49. The van der Waals surface area contributed by atoms with Crippen LogP contribution in [0.15, 0.2) is 0 Å². The van der Waals surface area contributed by atoms with Gasteiger partial charge >= 0.3 is 17.9 Å². The lowest BCUT2D eigenvalue weighted by Crippen LogP contribution is -2.39. The fraction of sp³-hybridized carbons (Fsp3) is 0.786. The molecule has 0 aromatic heterocycles. The molecule has 1 fully saturated rings. The fourth-order valence-electron chi connectivity index (χ4n) is 2.18. The molecule has 128 valence electrons. The van der Waals surface area contributed by atoms with E-state index in [1.54, 1.807) is 6.92 Å². The summed E-state index contributed by atoms with van der Waals surface area (Å²) in [6, 6.07) is -0.703. The van der Waals surface area contributed by atoms with E-state index in [0.717, 1.165) is 12.8 Å². The van der Waals surface area contributed by atoms with Gasteiger partial charge in [-0.2, -0.15) is 0 Å². The molecular weight excluding hydrogens is 292 g/mol. The number of aliphatic carboxylic acids is 3. The minimum Gasteiger partial charge on any atom is -0.481 e. The number of rotatable bonds is 8. The second-order valence-electron chi connectivity index (χ2n) is 5.32. The molecule has 8 heteroatoms. The number of nitrogens with one attached hydrogen (secondary N) is 2. The van der Waals surface area contributed by atoms with Crippen molar-refractivity contribution in [3.05, 3.63) is 0 Å². The maximum absolute atomic E-state index is 10.4. The maximum Gasteiger partial charge on any atom is 0.320 e. The summed E-state index contributed by atoms with van der Waals surface area (Å²) in [6.07, 6.45) is 4.74. The Bertz CT molecular complexity index is 368. The first-order chi connectivity index (χ1) is 10.3. The van der Waals surface area contributed by atoms with Gasteiger partial charge in [-0.05, 0) is 33.2 Å². The quantitative estimate of drug-likeness (QED) is 0.437. The van der Waals surface area contributed by atoms with Gasteiger partial charge in [0.25, 0.3) is 0 Å². The van der Waals surface area contributed by atoms with Crippen molar-refractivity contribution in [1.82, 2.24) is 10.6 Å². The summed E-state index contributed by atoms with van der Waals surface area (Å²) < 4.78 is 0. The van der Waals surface area contributed by atoms with Crippen LogP contribution in [0.2, 0.25) is 0 Å². The molecule has 0 spiro atoms. The third-order valence-electron chi connectivity index (χ3n) is 3.50. The van der Waals surface area contributed by atoms with Crippen molar-refractivity contribution in [2.45, 2.75) is 63.6 Å². The van der Waals surface area contributed by atoms with Crippen LogP contribution in [0.4, 0.5) is 0 Å². The molecule has 0 saturated heterocycles. The average molecular weight is 318 g/mol. The largest absolute Gasteiger partial charge is 0.481 e. The molecule has 1 saturated carbocycles. The number of hydrogen-bond donors (Lipinski definition) is 5. The molecular formula is C14H26N2O6. The van der Waals surface area contributed by atoms with E-state index in [4.69, 9.17) is 15.3 Å². The van der Waals surface area contributed by atoms with Gasteiger partial charge in [0.05, 0.1) is 0 Å². The Morgan fingerprint density at radius 1 is 1.09 bits per heavy atom. The van der Waals surface area contributed by atoms with Crippen LogP contribution < -0.4 is 10.6 Å². The third kappa shape index (κ3) is 9.30. The van der Waals surface area contributed by atoms with Gasteiger partial charge in [-0.1, -0.05) is 12.8 Å². The molecule has 0 aromatic carbocycles. The Hall–Kier alpha value is -1.67. The van der Waals surface area contributed by atoms with Gasteiger partial charge in [0.15, 0.2) is 0 Å². The Kier molecular flexibility index (Phi) is 10.1. The van der Waals surface area contributed by atoms with Crippen LogP contribution in [0.1, 0.15) is 45.4 Å². The lowest BCUT2D eigenvalue weighted by atomic mass is 10.1. The molecule has 1 rings (SSSR count). The first-order valence-electron chi connectivity index (χ1n) is 7.38. The zero-order chi connectivity index (χ0) is 17.1. The van der Waals surface area contributed by atoms with Crippen molar-refractivity contribution in [2.75, 3.05) is 7.05 Å². The Balaban J connectivity index is 0.000000401. The minimum absolute atomic E-state index is 0.112. The summed E-state index contributed by atoms with van der Waals surface area (Å²) in [5.74, 6) is -2.75. The number of hydrogen-bond acceptors (Lipinski definition) is 5. The molecule has 2 atom stereocenters. The lowest BCUT2D eigenvalue weighted by Gasteiger charge is -2.14. The van der Waals surface area contributed by atoms with Gasteiger partial charge in [0.1, 0.15) is 12.1 Å². The molecule has 0 aromatic rings. The fourth-order valence-corrected chi connectivity index (χ4v) is 2.18. The molecule has 5 N–H and O–H groups in total. The van der Waals surface area contributed by atoms with Gasteiger partial charge in [-0.15, -0.1) is 0 Å². The van der Waals surface area contributed by atoms with Gasteiger partial charge < -0.3 is 26.0 Å². The lowest BCUT2D eigenvalue weighted by molar-refractivity contribution is -0.141. The van der Waals surface area contributed by atoms with Crippen molar-refractivity contribution < 1.29 is 29.7 Å². The molecule has 8 nitrogen and oxygen atoms in total. The molecule has 0 unspecified atom stereocenters. The van der Waals surface area contributed by atoms with Gasteiger partial charge in [-0.25, -0.2) is 0 Å². The standard InChI is InChI=1S/C8H15NO2.C6H11NO4/c1-6(8(10)11)9-7-4-2-3-5-7;1-7-4(6(10)11)2-3-5(8)9/h6-7,9H,2-5H2,1H3,(H,10,11);4,7H,2-3H2,1H3,(H,8,9)(H,10,11)/t6-;4-/m00/s1. The van der Waals surface area contributed by atoms with Crippen molar-refractivity contribution in [1.29, 1.82) is 0 Å². The second-order valence-corrected chi connectivity index (χ2v) is 5.32. The summed E-state index contributed by atoms with van der Waals surface area (Å²) in [5, 5.41) is 30.8. The smallest absolute Gasteiger partial charge is 0.320 e. The van der Waals surface area contributed by atoms with E-state index in [0.29, 0.717) is 6.04 Å². The highest BCUT2D eigenvalue weighted by Crippen LogP contribution is 2.17. The maximum atomic E-state index is 10.4. The first kappa shape index (κ1) is 20.3. The highest BCUT2D eigenvalue weighted by atomic mass is 16.4. The van der Waals surface area contributed by atoms with E-state index in [1.165, 1.54) is 19.9 Å². The molecule has 0 amide bonds. The molecule has 1 aliphatic carbocycles. The SMILES string of the molecule is CN[C@@H](CCC(=O)O)C(=O)O.C[C@H](NC1CCCC1)C(=O)O. The van der Waals surface area contributed by atoms with Gasteiger partial charge in [-0.3, -0.25) is 14.4 Å². The highest BCUT2D eigenvalue weighted by molar-refractivity contribution is 5.75. The first-order valence-corrected chi connectivity index (χ1v) is 7.38. The Morgan fingerprint density at radius 2 is 1.64 bits per heavy atom. The van der Waals surface area contributed by atoms with E-state index < -0.39 is 30.0 Å². The minimum atomic E-state index is -1.02. The van der Waals surface area contributed by atoms with E-state index in [9.17, 15) is 14.4 Å². The summed E-state index contributed by atoms with van der Waals surface area (Å²) >= 11 is 0. The van der Waals surface area contributed by atoms with Crippen LogP contribution in [0.25, 0.3) is 0 Å². The van der Waals surface area contributed by atoms with E-state index >= 15 is 0 Å². The number of carboxylic acid groups (broad SMARTS) is 3. The summed E-state index contributed by atoms with van der Waals surface area (Å²) in [4.78, 5) is 30.7. The highest BCUT2D eigenvalue weighted by Gasteiger charge is 2.19. The Morgan fingerprint density at radius 3 is 2.00 bits per heavy atom. The molecule has 0 radical (unpaired) electrons. The predicted octanol–water partition coefficient (Wildman–Crippen LogP) is 0.516. The average Bonchev–Trinajstić information content (AvgIpc) is 2.92. The van der Waals surface area contributed by atoms with Crippen LogP contribution in [0, 0.1) is 0 Å². The zero-order valence-electron chi connectivity index (χ0n) is 13.0. The van der Waals surface area contributed by atoms with Crippen molar-refractivity contribution in [2.24, 2.45) is 0 Å². The molecule has 1 aliphatic rings. The van der Waals surface area contributed by atoms with E-state index in [2.05, 4.69) is 10.6 Å². The van der Waals surface area contributed by atoms with Crippen molar-refractivity contribution in [3.63, 3.8) is 0 Å². The van der Waals surface area contributed by atoms with Crippen LogP contribution in [0.5, 0.6) is 0 Å². The van der Waals surface area contributed by atoms with E-state index in [-0.39, 0.29) is 12.8 Å². The number of carbonyl (C=O) groups is 3. The number of carboxylic acids is 3. The van der Waals surface area contributed by atoms with Gasteiger partial charge in [0, 0.05) is 12.5 Å². The second kappa shape index (κ2) is 11.0. The van der Waals surface area contributed by atoms with Crippen LogP contribution in [-0.4, -0.2) is 58.4 Å². The zero-order valence-corrected chi connectivity index (χ0v) is 13.0. The predicted molar refractivity (Wildman–Crippen MR) is 79.8 cm³/mol. The van der Waals surface area contributed by atoms with Gasteiger partial charge in [0.2, 0.25) is 0 Å². The monoisotopic (exact) mass is 318 g/mol. The normalized spacial score (nSPS) is 17.2. The topological polar surface area (TPSA) is 136 Å². The number of likely N-dealkylation sites (N-methyl/N-ethyl adjacent to an activating group) is 1. The van der Waals surface area contributed by atoms with E-state index in [1.807, 2.05) is 0 Å². The van der Waals surface area contributed by atoms with Crippen LogP contribution in [0.3, 0.4) is 0 Å². The van der Waals surface area contributed by atoms with Crippen LogP contribution in [-0.2, 0) is 14.4 Å². The summed E-state index contributed by atoms with van der Waals surface area (Å²) in [6.45, 7) is 1.70. The molecule has 0 bridgehead atoms. The molecule has 0 heterocycles. The van der Waals surface area contributed by atoms with Crippen molar-refractivity contribution in [3.8, 4) is 0 Å². The van der Waals surface area contributed by atoms with Crippen molar-refractivity contribution >= 4 is 17.9 Å². The Labute approximate surface area is 129 Å². The summed E-state index contributed by atoms with van der Waals surface area (Å²) in [5.41, 5.74) is 0. The molecule has 22 heavy (non-hydrogen) atoms. The molecule has 0 aliphatic heterocycles. The third-order valence-corrected chi connectivity index (χ3v) is 3.50.